The molecular weight excluding hydrogens is 455 g/mol. The van der Waals surface area contributed by atoms with Crippen molar-refractivity contribution in [2.75, 3.05) is 25.0 Å². The molecular formula is C22H25FN2O5S2. The number of nitrogens with zero attached hydrogens (tertiary/aromatic N) is 1. The highest BCUT2D eigenvalue weighted by Crippen LogP contribution is 2.46. The van der Waals surface area contributed by atoms with Gasteiger partial charge in [0.2, 0.25) is 15.9 Å². The van der Waals surface area contributed by atoms with Gasteiger partial charge in [0.25, 0.3) is 0 Å². The maximum Gasteiger partial charge on any atom is 0.341 e. The first-order chi connectivity index (χ1) is 15.3. The summed E-state index contributed by atoms with van der Waals surface area (Å²) in [6.07, 6.45) is 2.67. The van der Waals surface area contributed by atoms with Crippen molar-refractivity contribution in [3.05, 3.63) is 46.6 Å². The van der Waals surface area contributed by atoms with Gasteiger partial charge in [0.15, 0.2) is 0 Å². The van der Waals surface area contributed by atoms with E-state index in [4.69, 9.17) is 4.74 Å². The Morgan fingerprint density at radius 3 is 2.50 bits per heavy atom. The van der Waals surface area contributed by atoms with Crippen LogP contribution in [-0.2, 0) is 19.6 Å². The molecule has 4 rings (SSSR count). The number of esters is 1. The van der Waals surface area contributed by atoms with Gasteiger partial charge in [-0.1, -0.05) is 12.1 Å². The van der Waals surface area contributed by atoms with E-state index in [1.807, 2.05) is 5.38 Å². The van der Waals surface area contributed by atoms with Crippen molar-refractivity contribution in [1.82, 2.24) is 4.31 Å². The molecule has 2 aliphatic rings. The van der Waals surface area contributed by atoms with E-state index in [1.54, 1.807) is 6.92 Å². The summed E-state index contributed by atoms with van der Waals surface area (Å²) in [5.74, 6) is -1.53. The number of amides is 1. The summed E-state index contributed by atoms with van der Waals surface area (Å²) in [7, 11) is -3.96. The maximum absolute atomic E-state index is 14.0. The quantitative estimate of drug-likeness (QED) is 0.605. The number of thiophene rings is 1. The zero-order valence-corrected chi connectivity index (χ0v) is 19.3. The number of carbonyl (C=O) groups excluding carboxylic acids is 2. The Morgan fingerprint density at radius 2 is 1.88 bits per heavy atom. The van der Waals surface area contributed by atoms with Crippen LogP contribution in [0.15, 0.2) is 34.5 Å². The van der Waals surface area contributed by atoms with Gasteiger partial charge >= 0.3 is 5.97 Å². The molecule has 1 saturated carbocycles. The van der Waals surface area contributed by atoms with Crippen molar-refractivity contribution in [2.45, 2.75) is 43.4 Å². The molecule has 0 atom stereocenters. The molecule has 1 amide bonds. The van der Waals surface area contributed by atoms with E-state index in [1.165, 1.54) is 33.8 Å². The molecule has 2 aromatic rings. The number of benzene rings is 1. The molecule has 1 aromatic carbocycles. The first kappa shape index (κ1) is 22.9. The van der Waals surface area contributed by atoms with Gasteiger partial charge in [0, 0.05) is 19.0 Å². The van der Waals surface area contributed by atoms with Crippen molar-refractivity contribution in [3.63, 3.8) is 0 Å². The van der Waals surface area contributed by atoms with Crippen LogP contribution in [0, 0.1) is 11.7 Å². The van der Waals surface area contributed by atoms with Gasteiger partial charge in [-0.05, 0) is 61.6 Å². The Bertz CT molecular complexity index is 1120. The summed E-state index contributed by atoms with van der Waals surface area (Å²) in [6, 6.07) is 5.28. The van der Waals surface area contributed by atoms with E-state index in [2.05, 4.69) is 5.32 Å². The number of carbonyl (C=O) groups is 2. The van der Waals surface area contributed by atoms with Crippen LogP contribution in [0.3, 0.4) is 0 Å². The number of piperidine rings is 1. The summed E-state index contributed by atoms with van der Waals surface area (Å²) < 4.78 is 45.9. The van der Waals surface area contributed by atoms with Crippen LogP contribution in [0.5, 0.6) is 0 Å². The van der Waals surface area contributed by atoms with Gasteiger partial charge in [0.1, 0.15) is 15.7 Å². The molecule has 1 aromatic heterocycles. The number of hydrogen-bond acceptors (Lipinski definition) is 6. The Labute approximate surface area is 190 Å². The molecule has 1 N–H and O–H groups in total. The Morgan fingerprint density at radius 1 is 1.19 bits per heavy atom. The highest BCUT2D eigenvalue weighted by Gasteiger charge is 2.35. The lowest BCUT2D eigenvalue weighted by atomic mass is 9.97. The van der Waals surface area contributed by atoms with Crippen molar-refractivity contribution in [3.8, 4) is 0 Å². The van der Waals surface area contributed by atoms with E-state index >= 15 is 0 Å². The van der Waals surface area contributed by atoms with Gasteiger partial charge in [-0.25, -0.2) is 17.6 Å². The molecule has 0 radical (unpaired) electrons. The summed E-state index contributed by atoms with van der Waals surface area (Å²) in [5.41, 5.74) is 1.36. The zero-order valence-electron chi connectivity index (χ0n) is 17.7. The van der Waals surface area contributed by atoms with Gasteiger partial charge in [-0.15, -0.1) is 11.3 Å². The third kappa shape index (κ3) is 4.57. The van der Waals surface area contributed by atoms with E-state index in [-0.39, 0.29) is 30.5 Å². The first-order valence-corrected chi connectivity index (χ1v) is 13.0. The van der Waals surface area contributed by atoms with Crippen LogP contribution >= 0.6 is 11.3 Å². The largest absolute Gasteiger partial charge is 0.462 e. The summed E-state index contributed by atoms with van der Waals surface area (Å²) in [5, 5.41) is 5.26. The fourth-order valence-electron chi connectivity index (χ4n) is 3.94. The Kier molecular flexibility index (Phi) is 6.64. The minimum atomic E-state index is -3.96. The molecule has 2 heterocycles. The maximum atomic E-state index is 14.0. The minimum Gasteiger partial charge on any atom is -0.462 e. The standard InChI is InChI=1S/C22H25FN2O5S2/c1-2-30-22(27)19-16(14-7-8-14)13-31-21(19)24-20(26)15-9-11-25(12-10-15)32(28,29)18-6-4-3-5-17(18)23/h3-6,13-15H,2,7-12H2,1H3,(H,24,26). The van der Waals surface area contributed by atoms with Crippen molar-refractivity contribution >= 4 is 38.2 Å². The number of sulfonamides is 1. The summed E-state index contributed by atoms with van der Waals surface area (Å²) in [6.45, 7) is 2.23. The lowest BCUT2D eigenvalue weighted by Crippen LogP contribution is -2.41. The van der Waals surface area contributed by atoms with E-state index in [0.29, 0.717) is 29.3 Å². The fraction of sp³-hybridized carbons (Fsp3) is 0.455. The van der Waals surface area contributed by atoms with Crippen LogP contribution in [0.25, 0.3) is 0 Å². The Hall–Kier alpha value is -2.30. The van der Waals surface area contributed by atoms with Crippen LogP contribution in [0.1, 0.15) is 54.4 Å². The van der Waals surface area contributed by atoms with Crippen LogP contribution < -0.4 is 5.32 Å². The van der Waals surface area contributed by atoms with Crippen LogP contribution in [0.4, 0.5) is 9.39 Å². The average molecular weight is 481 g/mol. The molecule has 2 fully saturated rings. The van der Waals surface area contributed by atoms with E-state index in [0.717, 1.165) is 24.5 Å². The van der Waals surface area contributed by atoms with Gasteiger partial charge in [-0.3, -0.25) is 4.79 Å². The number of rotatable bonds is 7. The van der Waals surface area contributed by atoms with Crippen molar-refractivity contribution in [2.24, 2.45) is 5.92 Å². The summed E-state index contributed by atoms with van der Waals surface area (Å²) >= 11 is 1.31. The normalized spacial score (nSPS) is 17.8. The summed E-state index contributed by atoms with van der Waals surface area (Å²) in [4.78, 5) is 25.0. The second-order valence-electron chi connectivity index (χ2n) is 7.99. The van der Waals surface area contributed by atoms with E-state index < -0.39 is 27.7 Å². The van der Waals surface area contributed by atoms with Gasteiger partial charge in [-0.2, -0.15) is 4.31 Å². The Balaban J connectivity index is 1.43. The number of nitrogens with one attached hydrogen (secondary N) is 1. The molecule has 7 nitrogen and oxygen atoms in total. The molecule has 10 heteroatoms. The lowest BCUT2D eigenvalue weighted by molar-refractivity contribution is -0.120. The highest BCUT2D eigenvalue weighted by atomic mass is 32.2. The number of anilines is 1. The SMILES string of the molecule is CCOC(=O)c1c(C2CC2)csc1NC(=O)C1CCN(S(=O)(=O)c2ccccc2F)CC1. The fourth-order valence-corrected chi connectivity index (χ4v) is 6.51. The number of halogens is 1. The van der Waals surface area contributed by atoms with E-state index in [9.17, 15) is 22.4 Å². The molecule has 0 spiro atoms. The predicted octanol–water partition coefficient (Wildman–Crippen LogP) is 3.98. The van der Waals surface area contributed by atoms with Gasteiger partial charge < -0.3 is 10.1 Å². The monoisotopic (exact) mass is 480 g/mol. The molecule has 32 heavy (non-hydrogen) atoms. The van der Waals surface area contributed by atoms with Gasteiger partial charge in [0.05, 0.1) is 12.2 Å². The molecule has 1 aliphatic carbocycles. The lowest BCUT2D eigenvalue weighted by Gasteiger charge is -2.30. The first-order valence-electron chi connectivity index (χ1n) is 10.7. The minimum absolute atomic E-state index is 0.122. The highest BCUT2D eigenvalue weighted by molar-refractivity contribution is 7.89. The smallest absolute Gasteiger partial charge is 0.341 e. The predicted molar refractivity (Wildman–Crippen MR) is 119 cm³/mol. The average Bonchev–Trinajstić information content (AvgIpc) is 3.54. The third-order valence-electron chi connectivity index (χ3n) is 5.83. The number of hydrogen-bond donors (Lipinski definition) is 1. The van der Waals surface area contributed by atoms with Crippen molar-refractivity contribution < 1.29 is 27.1 Å². The molecule has 1 saturated heterocycles. The van der Waals surface area contributed by atoms with Crippen LogP contribution in [0.2, 0.25) is 0 Å². The second kappa shape index (κ2) is 9.29. The molecule has 1 aliphatic heterocycles. The number of ether oxygens (including phenoxy) is 1. The third-order valence-corrected chi connectivity index (χ3v) is 8.68. The molecule has 0 unspecified atom stereocenters. The van der Waals surface area contributed by atoms with Crippen molar-refractivity contribution in [1.29, 1.82) is 0 Å². The second-order valence-corrected chi connectivity index (χ2v) is 10.8. The van der Waals surface area contributed by atoms with Crippen LogP contribution in [-0.4, -0.2) is 44.3 Å². The topological polar surface area (TPSA) is 92.8 Å². The molecule has 172 valence electrons. The zero-order chi connectivity index (χ0) is 22.9. The molecule has 0 bridgehead atoms.